The molecule has 3 heteroatoms. The van der Waals surface area contributed by atoms with Crippen molar-refractivity contribution < 1.29 is 9.53 Å². The van der Waals surface area contributed by atoms with Crippen LogP contribution in [0.4, 0.5) is 0 Å². The van der Waals surface area contributed by atoms with E-state index >= 15 is 0 Å². The minimum atomic E-state index is -0.0332. The van der Waals surface area contributed by atoms with E-state index in [1.165, 1.54) is 0 Å². The molecule has 1 heterocycles. The fraction of sp³-hybridized carbons (Fsp3) is 0.250. The summed E-state index contributed by atoms with van der Waals surface area (Å²) in [4.78, 5) is 16.9. The fourth-order valence-electron chi connectivity index (χ4n) is 2.12. The average Bonchev–Trinajstić information content (AvgIpc) is 2.36. The lowest BCUT2D eigenvalue weighted by atomic mass is 10.00. The smallest absolute Gasteiger partial charge is 0.196 e. The number of benzene rings is 1. The third kappa shape index (κ3) is 2.81. The minimum absolute atomic E-state index is 0.0332. The van der Waals surface area contributed by atoms with Crippen LogP contribution in [0.3, 0.4) is 0 Å². The normalized spacial score (nSPS) is 10.3. The zero-order chi connectivity index (χ0) is 14.0. The van der Waals surface area contributed by atoms with E-state index in [1.54, 1.807) is 19.2 Å². The van der Waals surface area contributed by atoms with Crippen LogP contribution in [-0.4, -0.2) is 17.9 Å². The summed E-state index contributed by atoms with van der Waals surface area (Å²) in [7, 11) is 1.57. The summed E-state index contributed by atoms with van der Waals surface area (Å²) in [5.41, 5.74) is 3.96. The Morgan fingerprint density at radius 2 is 1.68 bits per heavy atom. The predicted molar refractivity (Wildman–Crippen MR) is 74.9 cm³/mol. The van der Waals surface area contributed by atoms with E-state index in [2.05, 4.69) is 4.98 Å². The van der Waals surface area contributed by atoms with E-state index in [0.29, 0.717) is 16.9 Å². The van der Waals surface area contributed by atoms with E-state index in [1.807, 2.05) is 39.0 Å². The summed E-state index contributed by atoms with van der Waals surface area (Å²) in [6.45, 7) is 5.73. The Labute approximate surface area is 113 Å². The molecule has 0 bridgehead atoms. The first-order chi connectivity index (χ1) is 9.01. The number of carbonyl (C=O) groups is 1. The number of methoxy groups -OCH3 is 1. The van der Waals surface area contributed by atoms with Crippen molar-refractivity contribution in [2.75, 3.05) is 7.11 Å². The number of hydrogen-bond donors (Lipinski definition) is 0. The number of ketones is 1. The lowest BCUT2D eigenvalue weighted by Gasteiger charge is -2.09. The Kier molecular flexibility index (Phi) is 3.65. The highest BCUT2D eigenvalue weighted by Crippen LogP contribution is 2.23. The van der Waals surface area contributed by atoms with Gasteiger partial charge in [0.15, 0.2) is 5.78 Å². The quantitative estimate of drug-likeness (QED) is 0.790. The number of carbonyl (C=O) groups excluding carboxylic acids is 1. The first kappa shape index (κ1) is 13.3. The van der Waals surface area contributed by atoms with Crippen molar-refractivity contribution in [3.8, 4) is 5.75 Å². The van der Waals surface area contributed by atoms with E-state index in [4.69, 9.17) is 4.74 Å². The Bertz CT molecular complexity index is 612. The molecule has 0 fully saturated rings. The van der Waals surface area contributed by atoms with Gasteiger partial charge in [0.05, 0.1) is 12.7 Å². The zero-order valence-electron chi connectivity index (χ0n) is 11.7. The third-order valence-corrected chi connectivity index (χ3v) is 2.94. The molecule has 0 saturated heterocycles. The van der Waals surface area contributed by atoms with Crippen molar-refractivity contribution in [1.82, 2.24) is 4.98 Å². The molecule has 0 radical (unpaired) electrons. The van der Waals surface area contributed by atoms with Gasteiger partial charge in [0.2, 0.25) is 0 Å². The van der Waals surface area contributed by atoms with E-state index in [0.717, 1.165) is 17.0 Å². The number of pyridine rings is 1. The van der Waals surface area contributed by atoms with Gasteiger partial charge in [0.1, 0.15) is 5.75 Å². The maximum Gasteiger partial charge on any atom is 0.196 e. The molecule has 3 nitrogen and oxygen atoms in total. The number of rotatable bonds is 3. The van der Waals surface area contributed by atoms with E-state index < -0.39 is 0 Å². The van der Waals surface area contributed by atoms with Gasteiger partial charge in [0, 0.05) is 17.0 Å². The van der Waals surface area contributed by atoms with Gasteiger partial charge in [-0.1, -0.05) is 11.6 Å². The van der Waals surface area contributed by atoms with Crippen LogP contribution in [0.1, 0.15) is 32.9 Å². The third-order valence-electron chi connectivity index (χ3n) is 2.94. The summed E-state index contributed by atoms with van der Waals surface area (Å²) in [5.74, 6) is 0.567. The van der Waals surface area contributed by atoms with Gasteiger partial charge in [0.25, 0.3) is 0 Å². The first-order valence-corrected chi connectivity index (χ1v) is 6.16. The van der Waals surface area contributed by atoms with E-state index in [-0.39, 0.29) is 5.78 Å². The average molecular weight is 255 g/mol. The molecule has 1 aromatic heterocycles. The van der Waals surface area contributed by atoms with Crippen LogP contribution in [-0.2, 0) is 0 Å². The minimum Gasteiger partial charge on any atom is -0.496 e. The van der Waals surface area contributed by atoms with Gasteiger partial charge in [-0.2, -0.15) is 0 Å². The van der Waals surface area contributed by atoms with Gasteiger partial charge < -0.3 is 4.74 Å². The molecule has 2 aromatic rings. The largest absolute Gasteiger partial charge is 0.496 e. The van der Waals surface area contributed by atoms with Crippen molar-refractivity contribution in [2.45, 2.75) is 20.8 Å². The molecule has 0 aliphatic heterocycles. The van der Waals surface area contributed by atoms with Crippen LogP contribution in [0, 0.1) is 20.8 Å². The van der Waals surface area contributed by atoms with Crippen LogP contribution >= 0.6 is 0 Å². The molecule has 0 aliphatic rings. The number of ether oxygens (including phenoxy) is 1. The number of aromatic nitrogens is 1. The molecular weight excluding hydrogens is 238 g/mol. The number of aryl methyl sites for hydroxylation is 3. The van der Waals surface area contributed by atoms with Crippen molar-refractivity contribution in [2.24, 2.45) is 0 Å². The molecule has 1 aromatic carbocycles. The molecule has 0 saturated carbocycles. The highest BCUT2D eigenvalue weighted by atomic mass is 16.5. The molecule has 0 atom stereocenters. The second-order valence-electron chi connectivity index (χ2n) is 4.67. The molecule has 19 heavy (non-hydrogen) atoms. The van der Waals surface area contributed by atoms with Crippen LogP contribution in [0.2, 0.25) is 0 Å². The Balaban J connectivity index is 2.52. The second-order valence-corrected chi connectivity index (χ2v) is 4.67. The summed E-state index contributed by atoms with van der Waals surface area (Å²) >= 11 is 0. The zero-order valence-corrected chi connectivity index (χ0v) is 11.7. The molecule has 0 spiro atoms. The topological polar surface area (TPSA) is 39.2 Å². The molecule has 0 N–H and O–H groups in total. The van der Waals surface area contributed by atoms with Gasteiger partial charge in [-0.25, -0.2) is 0 Å². The summed E-state index contributed by atoms with van der Waals surface area (Å²) in [6.07, 6.45) is 0. The Morgan fingerprint density at radius 1 is 1.05 bits per heavy atom. The molecule has 0 aliphatic carbocycles. The molecule has 0 amide bonds. The van der Waals surface area contributed by atoms with Crippen LogP contribution in [0.25, 0.3) is 0 Å². The first-order valence-electron chi connectivity index (χ1n) is 6.16. The van der Waals surface area contributed by atoms with Gasteiger partial charge in [-0.3, -0.25) is 9.78 Å². The summed E-state index contributed by atoms with van der Waals surface area (Å²) < 4.78 is 5.27. The van der Waals surface area contributed by atoms with Gasteiger partial charge >= 0.3 is 0 Å². The number of hydrogen-bond acceptors (Lipinski definition) is 3. The number of nitrogens with zero attached hydrogens (tertiary/aromatic N) is 1. The SMILES string of the molecule is COc1ccc(C)cc1C(=O)c1cc(C)nc(C)c1. The fourth-order valence-corrected chi connectivity index (χ4v) is 2.12. The van der Waals surface area contributed by atoms with Crippen LogP contribution in [0.15, 0.2) is 30.3 Å². The highest BCUT2D eigenvalue weighted by molar-refractivity contribution is 6.10. The summed E-state index contributed by atoms with van der Waals surface area (Å²) in [5, 5.41) is 0. The summed E-state index contributed by atoms with van der Waals surface area (Å²) in [6, 6.07) is 9.21. The van der Waals surface area contributed by atoms with E-state index in [9.17, 15) is 4.79 Å². The maximum atomic E-state index is 12.6. The maximum absolute atomic E-state index is 12.6. The molecule has 2 rings (SSSR count). The highest BCUT2D eigenvalue weighted by Gasteiger charge is 2.15. The van der Waals surface area contributed by atoms with Gasteiger partial charge in [-0.05, 0) is 45.0 Å². The molecule has 98 valence electrons. The Morgan fingerprint density at radius 3 is 2.26 bits per heavy atom. The van der Waals surface area contributed by atoms with Crippen molar-refractivity contribution >= 4 is 5.78 Å². The van der Waals surface area contributed by atoms with Crippen molar-refractivity contribution in [1.29, 1.82) is 0 Å². The second kappa shape index (κ2) is 5.22. The molecular formula is C16H17NO2. The van der Waals surface area contributed by atoms with Crippen LogP contribution < -0.4 is 4.74 Å². The molecule has 0 unspecified atom stereocenters. The lowest BCUT2D eigenvalue weighted by molar-refractivity contribution is 0.103. The van der Waals surface area contributed by atoms with Crippen molar-refractivity contribution in [3.05, 3.63) is 58.4 Å². The predicted octanol–water partition coefficient (Wildman–Crippen LogP) is 3.25. The Hall–Kier alpha value is -2.16. The monoisotopic (exact) mass is 255 g/mol. The lowest BCUT2D eigenvalue weighted by Crippen LogP contribution is -2.06. The van der Waals surface area contributed by atoms with Crippen LogP contribution in [0.5, 0.6) is 5.75 Å². The standard InChI is InChI=1S/C16H17NO2/c1-10-5-6-15(19-4)14(7-10)16(18)13-8-11(2)17-12(3)9-13/h5-9H,1-4H3. The van der Waals surface area contributed by atoms with Gasteiger partial charge in [-0.15, -0.1) is 0 Å². The van der Waals surface area contributed by atoms with Crippen molar-refractivity contribution in [3.63, 3.8) is 0 Å².